The van der Waals surface area contributed by atoms with Crippen molar-refractivity contribution in [1.82, 2.24) is 9.80 Å². The van der Waals surface area contributed by atoms with Gasteiger partial charge in [0.2, 0.25) is 5.91 Å². The van der Waals surface area contributed by atoms with Gasteiger partial charge in [-0.1, -0.05) is 6.07 Å². The van der Waals surface area contributed by atoms with Gasteiger partial charge in [0.15, 0.2) is 0 Å². The van der Waals surface area contributed by atoms with E-state index < -0.39 is 5.97 Å². The van der Waals surface area contributed by atoms with E-state index >= 15 is 0 Å². The molecule has 1 heterocycles. The Morgan fingerprint density at radius 1 is 1.24 bits per heavy atom. The van der Waals surface area contributed by atoms with E-state index in [0.717, 1.165) is 32.7 Å². The van der Waals surface area contributed by atoms with E-state index in [4.69, 9.17) is 9.84 Å². The highest BCUT2D eigenvalue weighted by atomic mass is 16.5. The first-order valence-electron chi connectivity index (χ1n) is 7.00. The fraction of sp³-hybridized carbons (Fsp3) is 0.467. The van der Waals surface area contributed by atoms with Gasteiger partial charge in [-0.2, -0.15) is 0 Å². The Morgan fingerprint density at radius 2 is 1.95 bits per heavy atom. The fourth-order valence-corrected chi connectivity index (χ4v) is 2.30. The number of piperazine rings is 1. The highest BCUT2D eigenvalue weighted by Gasteiger charge is 2.18. The Kier molecular flexibility index (Phi) is 5.16. The van der Waals surface area contributed by atoms with Gasteiger partial charge in [0.1, 0.15) is 12.4 Å². The molecule has 0 unspecified atom stereocenters. The van der Waals surface area contributed by atoms with Crippen molar-refractivity contribution in [2.45, 2.75) is 6.92 Å². The third-order valence-electron chi connectivity index (χ3n) is 3.57. The number of nitrogens with zero attached hydrogens (tertiary/aromatic N) is 2. The molecule has 21 heavy (non-hydrogen) atoms. The zero-order valence-corrected chi connectivity index (χ0v) is 12.1. The minimum atomic E-state index is -0.958. The topological polar surface area (TPSA) is 70.1 Å². The van der Waals surface area contributed by atoms with Gasteiger partial charge in [0.25, 0.3) is 0 Å². The van der Waals surface area contributed by atoms with Gasteiger partial charge in [-0.25, -0.2) is 4.79 Å². The van der Waals surface area contributed by atoms with Crippen LogP contribution in [-0.4, -0.2) is 66.1 Å². The van der Waals surface area contributed by atoms with Crippen LogP contribution in [0.25, 0.3) is 0 Å². The molecule has 1 amide bonds. The number of hydrogen-bond donors (Lipinski definition) is 1. The molecule has 0 atom stereocenters. The number of aromatic carboxylic acids is 1. The molecule has 1 aliphatic rings. The van der Waals surface area contributed by atoms with Crippen molar-refractivity contribution in [1.29, 1.82) is 0 Å². The van der Waals surface area contributed by atoms with Crippen molar-refractivity contribution in [3.05, 3.63) is 29.8 Å². The number of amides is 1. The van der Waals surface area contributed by atoms with E-state index in [1.807, 2.05) is 4.90 Å². The minimum Gasteiger partial charge on any atom is -0.492 e. The van der Waals surface area contributed by atoms with Crippen molar-refractivity contribution in [2.24, 2.45) is 0 Å². The Hall–Kier alpha value is -2.08. The Morgan fingerprint density at radius 3 is 2.57 bits per heavy atom. The van der Waals surface area contributed by atoms with Crippen LogP contribution in [0.4, 0.5) is 0 Å². The molecule has 0 aliphatic carbocycles. The summed E-state index contributed by atoms with van der Waals surface area (Å²) in [6.07, 6.45) is 0. The fourth-order valence-electron chi connectivity index (χ4n) is 2.30. The maximum atomic E-state index is 11.2. The molecule has 1 saturated heterocycles. The van der Waals surface area contributed by atoms with Crippen LogP contribution in [0.15, 0.2) is 24.3 Å². The lowest BCUT2D eigenvalue weighted by atomic mass is 10.2. The first-order valence-corrected chi connectivity index (χ1v) is 7.00. The number of carboxylic acid groups (broad SMARTS) is 1. The zero-order chi connectivity index (χ0) is 15.2. The van der Waals surface area contributed by atoms with Gasteiger partial charge in [-0.3, -0.25) is 9.69 Å². The lowest BCUT2D eigenvalue weighted by Gasteiger charge is -2.34. The monoisotopic (exact) mass is 292 g/mol. The standard InChI is InChI=1S/C15H20N2O4/c1-12(18)17-7-5-16(6-8-17)9-10-21-14-4-2-3-13(11-14)15(19)20/h2-4,11H,5-10H2,1H3,(H,19,20). The molecule has 1 aliphatic heterocycles. The average Bonchev–Trinajstić information content (AvgIpc) is 2.48. The first-order chi connectivity index (χ1) is 10.1. The smallest absolute Gasteiger partial charge is 0.335 e. The molecular formula is C15H20N2O4. The predicted octanol–water partition coefficient (Wildman–Crippen LogP) is 0.928. The van der Waals surface area contributed by atoms with Crippen molar-refractivity contribution in [2.75, 3.05) is 39.3 Å². The molecule has 0 saturated carbocycles. The second-order valence-corrected chi connectivity index (χ2v) is 5.03. The van der Waals surface area contributed by atoms with Gasteiger partial charge >= 0.3 is 5.97 Å². The number of ether oxygens (including phenoxy) is 1. The van der Waals surface area contributed by atoms with Crippen LogP contribution in [-0.2, 0) is 4.79 Å². The minimum absolute atomic E-state index is 0.122. The molecule has 1 aromatic rings. The lowest BCUT2D eigenvalue weighted by Crippen LogP contribution is -2.48. The second-order valence-electron chi connectivity index (χ2n) is 5.03. The molecule has 0 bridgehead atoms. The highest BCUT2D eigenvalue weighted by Crippen LogP contribution is 2.13. The van der Waals surface area contributed by atoms with Crippen molar-refractivity contribution < 1.29 is 19.4 Å². The van der Waals surface area contributed by atoms with Crippen LogP contribution in [0.1, 0.15) is 17.3 Å². The molecule has 1 fully saturated rings. The summed E-state index contributed by atoms with van der Waals surface area (Å²) < 4.78 is 5.59. The third kappa shape index (κ3) is 4.46. The van der Waals surface area contributed by atoms with E-state index in [1.165, 1.54) is 12.1 Å². The van der Waals surface area contributed by atoms with Crippen LogP contribution >= 0.6 is 0 Å². The molecule has 114 valence electrons. The number of rotatable bonds is 5. The van der Waals surface area contributed by atoms with E-state index in [1.54, 1.807) is 19.1 Å². The van der Waals surface area contributed by atoms with E-state index in [0.29, 0.717) is 12.4 Å². The molecule has 1 aromatic carbocycles. The summed E-state index contributed by atoms with van der Waals surface area (Å²) in [5.74, 6) is -0.269. The Bertz CT molecular complexity index is 510. The lowest BCUT2D eigenvalue weighted by molar-refractivity contribution is -0.130. The van der Waals surface area contributed by atoms with Crippen LogP contribution in [0.5, 0.6) is 5.75 Å². The quantitative estimate of drug-likeness (QED) is 0.874. The molecule has 1 N–H and O–H groups in total. The van der Waals surface area contributed by atoms with Crippen LogP contribution in [0.2, 0.25) is 0 Å². The Labute approximate surface area is 123 Å². The maximum absolute atomic E-state index is 11.2. The molecular weight excluding hydrogens is 272 g/mol. The van der Waals surface area contributed by atoms with E-state index in [2.05, 4.69) is 4.90 Å². The molecule has 0 radical (unpaired) electrons. The number of benzene rings is 1. The number of carboxylic acids is 1. The van der Waals surface area contributed by atoms with Gasteiger partial charge < -0.3 is 14.7 Å². The zero-order valence-electron chi connectivity index (χ0n) is 12.1. The summed E-state index contributed by atoms with van der Waals surface area (Å²) in [7, 11) is 0. The maximum Gasteiger partial charge on any atom is 0.335 e. The van der Waals surface area contributed by atoms with Crippen molar-refractivity contribution in [3.8, 4) is 5.75 Å². The predicted molar refractivity (Wildman–Crippen MR) is 77.6 cm³/mol. The summed E-state index contributed by atoms with van der Waals surface area (Å²) in [5.41, 5.74) is 0.225. The van der Waals surface area contributed by atoms with Gasteiger partial charge in [0.05, 0.1) is 5.56 Å². The third-order valence-corrected chi connectivity index (χ3v) is 3.57. The van der Waals surface area contributed by atoms with Crippen molar-refractivity contribution >= 4 is 11.9 Å². The number of carbonyl (C=O) groups excluding carboxylic acids is 1. The summed E-state index contributed by atoms with van der Waals surface area (Å²) in [6, 6.07) is 6.48. The molecule has 0 spiro atoms. The van der Waals surface area contributed by atoms with Crippen molar-refractivity contribution in [3.63, 3.8) is 0 Å². The molecule has 0 aromatic heterocycles. The molecule has 6 nitrogen and oxygen atoms in total. The number of hydrogen-bond acceptors (Lipinski definition) is 4. The highest BCUT2D eigenvalue weighted by molar-refractivity contribution is 5.87. The van der Waals surface area contributed by atoms with E-state index in [9.17, 15) is 9.59 Å². The van der Waals surface area contributed by atoms with Crippen LogP contribution < -0.4 is 4.74 Å². The molecule has 6 heteroatoms. The summed E-state index contributed by atoms with van der Waals surface area (Å²) in [4.78, 5) is 26.2. The summed E-state index contributed by atoms with van der Waals surface area (Å²) >= 11 is 0. The Balaban J connectivity index is 1.74. The molecule has 2 rings (SSSR count). The largest absolute Gasteiger partial charge is 0.492 e. The van der Waals surface area contributed by atoms with Crippen LogP contribution in [0, 0.1) is 0 Å². The number of carbonyl (C=O) groups is 2. The second kappa shape index (κ2) is 7.08. The van der Waals surface area contributed by atoms with Crippen LogP contribution in [0.3, 0.4) is 0 Å². The SMILES string of the molecule is CC(=O)N1CCN(CCOc2cccc(C(=O)O)c2)CC1. The first kappa shape index (κ1) is 15.3. The van der Waals surface area contributed by atoms with E-state index in [-0.39, 0.29) is 11.5 Å². The van der Waals surface area contributed by atoms with Gasteiger partial charge in [-0.15, -0.1) is 0 Å². The normalized spacial score (nSPS) is 15.8. The summed E-state index contributed by atoms with van der Waals surface area (Å²) in [6.45, 7) is 6.06. The average molecular weight is 292 g/mol. The summed E-state index contributed by atoms with van der Waals surface area (Å²) in [5, 5.41) is 8.91. The van der Waals surface area contributed by atoms with Gasteiger partial charge in [0, 0.05) is 39.6 Å². The van der Waals surface area contributed by atoms with Gasteiger partial charge in [-0.05, 0) is 18.2 Å².